The molecular formula is C11H24O. The van der Waals surface area contributed by atoms with Crippen LogP contribution in [0.1, 0.15) is 59.3 Å². The third-order valence-electron chi connectivity index (χ3n) is 2.54. The summed E-state index contributed by atoms with van der Waals surface area (Å²) in [6.07, 6.45) is 7.33. The van der Waals surface area contributed by atoms with Crippen molar-refractivity contribution < 1.29 is 5.11 Å². The van der Waals surface area contributed by atoms with Crippen molar-refractivity contribution in [2.24, 2.45) is 5.92 Å². The molecule has 0 amide bonds. The maximum absolute atomic E-state index is 9.12. The van der Waals surface area contributed by atoms with E-state index in [1.807, 2.05) is 6.92 Å². The van der Waals surface area contributed by atoms with E-state index in [1.54, 1.807) is 0 Å². The second kappa shape index (κ2) is 7.60. The summed E-state index contributed by atoms with van der Waals surface area (Å²) in [5, 5.41) is 9.12. The maximum atomic E-state index is 9.12. The summed E-state index contributed by atoms with van der Waals surface area (Å²) in [7, 11) is 0. The highest BCUT2D eigenvalue weighted by atomic mass is 16.3. The molecule has 0 rings (SSSR count). The second-order valence-corrected chi connectivity index (χ2v) is 3.84. The fourth-order valence-electron chi connectivity index (χ4n) is 1.52. The predicted molar refractivity (Wildman–Crippen MR) is 54.2 cm³/mol. The lowest BCUT2D eigenvalue weighted by Crippen LogP contribution is -2.05. The quantitative estimate of drug-likeness (QED) is 0.624. The molecule has 0 aromatic heterocycles. The van der Waals surface area contributed by atoms with Gasteiger partial charge in [-0.05, 0) is 25.7 Å². The Hall–Kier alpha value is -0.0400. The van der Waals surface area contributed by atoms with Crippen LogP contribution >= 0.6 is 0 Å². The van der Waals surface area contributed by atoms with Gasteiger partial charge >= 0.3 is 0 Å². The molecule has 0 aromatic rings. The van der Waals surface area contributed by atoms with Gasteiger partial charge in [0.05, 0.1) is 6.10 Å². The molecular weight excluding hydrogens is 148 g/mol. The number of aliphatic hydroxyl groups excluding tert-OH is 1. The zero-order valence-corrected chi connectivity index (χ0v) is 8.84. The average Bonchev–Trinajstić information content (AvgIpc) is 2.05. The van der Waals surface area contributed by atoms with Gasteiger partial charge in [-0.1, -0.05) is 39.5 Å². The summed E-state index contributed by atoms with van der Waals surface area (Å²) in [6, 6.07) is 0. The van der Waals surface area contributed by atoms with E-state index in [9.17, 15) is 0 Å². The third-order valence-corrected chi connectivity index (χ3v) is 2.54. The minimum absolute atomic E-state index is 0.110. The Morgan fingerprint density at radius 1 is 1.08 bits per heavy atom. The monoisotopic (exact) mass is 172 g/mol. The second-order valence-electron chi connectivity index (χ2n) is 3.84. The molecule has 1 N–H and O–H groups in total. The van der Waals surface area contributed by atoms with E-state index in [0.717, 1.165) is 12.3 Å². The van der Waals surface area contributed by atoms with E-state index in [-0.39, 0.29) is 6.10 Å². The van der Waals surface area contributed by atoms with Gasteiger partial charge < -0.3 is 5.11 Å². The lowest BCUT2D eigenvalue weighted by Gasteiger charge is -2.14. The number of rotatable bonds is 7. The van der Waals surface area contributed by atoms with Gasteiger partial charge in [-0.15, -0.1) is 0 Å². The van der Waals surface area contributed by atoms with Gasteiger partial charge in [0.1, 0.15) is 0 Å². The Kier molecular flexibility index (Phi) is 7.58. The standard InChI is InChI=1S/C11H24O/c1-4-6-7-11(5-2)9-8-10(3)12/h10-12H,4-9H2,1-3H3. The van der Waals surface area contributed by atoms with Crippen LogP contribution in [0.5, 0.6) is 0 Å². The molecule has 0 saturated heterocycles. The Morgan fingerprint density at radius 3 is 2.17 bits per heavy atom. The zero-order chi connectivity index (χ0) is 9.40. The Bertz CT molecular complexity index is 89.0. The molecule has 0 aliphatic rings. The highest BCUT2D eigenvalue weighted by Gasteiger charge is 2.06. The molecule has 1 nitrogen and oxygen atoms in total. The van der Waals surface area contributed by atoms with Crippen LogP contribution in [0.3, 0.4) is 0 Å². The Labute approximate surface area is 77.2 Å². The fourth-order valence-corrected chi connectivity index (χ4v) is 1.52. The molecule has 74 valence electrons. The van der Waals surface area contributed by atoms with Crippen molar-refractivity contribution in [1.29, 1.82) is 0 Å². The summed E-state index contributed by atoms with van der Waals surface area (Å²) in [4.78, 5) is 0. The number of hydrogen-bond acceptors (Lipinski definition) is 1. The molecule has 0 aliphatic heterocycles. The van der Waals surface area contributed by atoms with Crippen LogP contribution in [0.15, 0.2) is 0 Å². The van der Waals surface area contributed by atoms with Crippen molar-refractivity contribution in [2.45, 2.75) is 65.4 Å². The predicted octanol–water partition coefficient (Wildman–Crippen LogP) is 3.36. The number of hydrogen-bond donors (Lipinski definition) is 1. The molecule has 2 atom stereocenters. The average molecular weight is 172 g/mol. The summed E-state index contributed by atoms with van der Waals surface area (Å²) in [5.41, 5.74) is 0. The molecule has 0 aliphatic carbocycles. The summed E-state index contributed by atoms with van der Waals surface area (Å²) < 4.78 is 0. The van der Waals surface area contributed by atoms with Crippen LogP contribution in [0.25, 0.3) is 0 Å². The third kappa shape index (κ3) is 6.66. The van der Waals surface area contributed by atoms with Crippen LogP contribution in [-0.4, -0.2) is 11.2 Å². The van der Waals surface area contributed by atoms with Crippen molar-refractivity contribution in [3.05, 3.63) is 0 Å². The molecule has 0 heterocycles. The highest BCUT2D eigenvalue weighted by molar-refractivity contribution is 4.59. The van der Waals surface area contributed by atoms with E-state index >= 15 is 0 Å². The maximum Gasteiger partial charge on any atom is 0.0512 e. The molecule has 2 unspecified atom stereocenters. The SMILES string of the molecule is CCCCC(CC)CCC(C)O. The first-order chi connectivity index (χ1) is 5.70. The van der Waals surface area contributed by atoms with Crippen LogP contribution in [0, 0.1) is 5.92 Å². The minimum Gasteiger partial charge on any atom is -0.393 e. The van der Waals surface area contributed by atoms with Gasteiger partial charge in [-0.2, -0.15) is 0 Å². The highest BCUT2D eigenvalue weighted by Crippen LogP contribution is 2.18. The molecule has 0 bridgehead atoms. The van der Waals surface area contributed by atoms with Crippen LogP contribution < -0.4 is 0 Å². The van der Waals surface area contributed by atoms with Gasteiger partial charge in [-0.3, -0.25) is 0 Å². The van der Waals surface area contributed by atoms with E-state index < -0.39 is 0 Å². The van der Waals surface area contributed by atoms with Gasteiger partial charge in [0.2, 0.25) is 0 Å². The van der Waals surface area contributed by atoms with E-state index in [2.05, 4.69) is 13.8 Å². The number of aliphatic hydroxyl groups is 1. The molecule has 0 radical (unpaired) electrons. The largest absolute Gasteiger partial charge is 0.393 e. The van der Waals surface area contributed by atoms with Crippen molar-refractivity contribution in [1.82, 2.24) is 0 Å². The zero-order valence-electron chi connectivity index (χ0n) is 8.84. The Morgan fingerprint density at radius 2 is 1.75 bits per heavy atom. The van der Waals surface area contributed by atoms with Gasteiger partial charge in [-0.25, -0.2) is 0 Å². The first-order valence-corrected chi connectivity index (χ1v) is 5.38. The van der Waals surface area contributed by atoms with Gasteiger partial charge in [0.25, 0.3) is 0 Å². The lowest BCUT2D eigenvalue weighted by atomic mass is 9.93. The van der Waals surface area contributed by atoms with E-state index in [4.69, 9.17) is 5.11 Å². The smallest absolute Gasteiger partial charge is 0.0512 e. The lowest BCUT2D eigenvalue weighted by molar-refractivity contribution is 0.171. The van der Waals surface area contributed by atoms with E-state index in [1.165, 1.54) is 32.1 Å². The van der Waals surface area contributed by atoms with Crippen molar-refractivity contribution >= 4 is 0 Å². The van der Waals surface area contributed by atoms with Gasteiger partial charge in [0.15, 0.2) is 0 Å². The topological polar surface area (TPSA) is 20.2 Å². The molecule has 0 saturated carbocycles. The minimum atomic E-state index is -0.110. The molecule has 0 spiro atoms. The summed E-state index contributed by atoms with van der Waals surface area (Å²) in [5.74, 6) is 0.847. The normalized spacial score (nSPS) is 16.0. The number of unbranched alkanes of at least 4 members (excludes halogenated alkanes) is 1. The fraction of sp³-hybridized carbons (Fsp3) is 1.00. The molecule has 0 fully saturated rings. The molecule has 0 aromatic carbocycles. The van der Waals surface area contributed by atoms with Crippen molar-refractivity contribution in [3.8, 4) is 0 Å². The summed E-state index contributed by atoms with van der Waals surface area (Å²) >= 11 is 0. The van der Waals surface area contributed by atoms with Crippen molar-refractivity contribution in [2.75, 3.05) is 0 Å². The Balaban J connectivity index is 3.39. The first kappa shape index (κ1) is 12.0. The summed E-state index contributed by atoms with van der Waals surface area (Å²) in [6.45, 7) is 6.37. The first-order valence-electron chi connectivity index (χ1n) is 5.38. The van der Waals surface area contributed by atoms with E-state index in [0.29, 0.717) is 0 Å². The van der Waals surface area contributed by atoms with Crippen LogP contribution in [0.2, 0.25) is 0 Å². The molecule has 1 heteroatoms. The molecule has 12 heavy (non-hydrogen) atoms. The van der Waals surface area contributed by atoms with Crippen LogP contribution in [-0.2, 0) is 0 Å². The van der Waals surface area contributed by atoms with Gasteiger partial charge in [0, 0.05) is 0 Å². The van der Waals surface area contributed by atoms with Crippen LogP contribution in [0.4, 0.5) is 0 Å². The van der Waals surface area contributed by atoms with Crippen molar-refractivity contribution in [3.63, 3.8) is 0 Å².